The number of carboxylic acids is 1. The first kappa shape index (κ1) is 23.5. The van der Waals surface area contributed by atoms with Gasteiger partial charge in [0.1, 0.15) is 11.6 Å². The van der Waals surface area contributed by atoms with Crippen LogP contribution in [0.2, 0.25) is 0 Å². The van der Waals surface area contributed by atoms with E-state index in [1.54, 1.807) is 13.2 Å². The molecule has 0 spiro atoms. The average molecular weight is 504 g/mol. The number of aromatic carboxylic acids is 1. The summed E-state index contributed by atoms with van der Waals surface area (Å²) in [6.45, 7) is 1.24. The molecule has 0 saturated carbocycles. The van der Waals surface area contributed by atoms with Crippen molar-refractivity contribution in [2.45, 2.75) is 13.0 Å². The van der Waals surface area contributed by atoms with Crippen molar-refractivity contribution in [3.8, 4) is 17.2 Å². The zero-order chi connectivity index (χ0) is 25.1. The van der Waals surface area contributed by atoms with Crippen LogP contribution in [0.4, 0.5) is 9.52 Å². The molecule has 0 unspecified atom stereocenters. The molecule has 0 atom stereocenters. The Morgan fingerprint density at radius 3 is 2.50 bits per heavy atom. The van der Waals surface area contributed by atoms with E-state index in [-0.39, 0.29) is 17.5 Å². The number of thiazole rings is 1. The number of carboxylic acid groups (broad SMARTS) is 1. The Balaban J connectivity index is 1.39. The van der Waals surface area contributed by atoms with Crippen molar-refractivity contribution in [2.24, 2.45) is 0 Å². The fourth-order valence-corrected chi connectivity index (χ4v) is 4.81. The van der Waals surface area contributed by atoms with E-state index in [4.69, 9.17) is 19.2 Å². The lowest BCUT2D eigenvalue weighted by atomic mass is 10.1. The van der Waals surface area contributed by atoms with E-state index < -0.39 is 5.97 Å². The van der Waals surface area contributed by atoms with Crippen LogP contribution < -0.4 is 9.64 Å². The van der Waals surface area contributed by atoms with Gasteiger partial charge in [0.05, 0.1) is 23.5 Å². The second-order valence-corrected chi connectivity index (χ2v) is 9.11. The molecule has 2 aromatic heterocycles. The summed E-state index contributed by atoms with van der Waals surface area (Å²) in [6, 6.07) is 20.4. The zero-order valence-electron chi connectivity index (χ0n) is 19.3. The smallest absolute Gasteiger partial charge is 0.373 e. The molecule has 0 fully saturated rings. The lowest BCUT2D eigenvalue weighted by Crippen LogP contribution is -2.25. The van der Waals surface area contributed by atoms with Crippen LogP contribution in [0, 0.1) is 5.82 Å². The molecule has 3 aromatic carbocycles. The summed E-state index contributed by atoms with van der Waals surface area (Å²) >= 11 is 1.34. The van der Waals surface area contributed by atoms with Gasteiger partial charge in [-0.2, -0.15) is 0 Å². The van der Waals surface area contributed by atoms with Gasteiger partial charge in [0.25, 0.3) is 0 Å². The van der Waals surface area contributed by atoms with Gasteiger partial charge >= 0.3 is 5.97 Å². The normalized spacial score (nSPS) is 11.1. The third-order valence-corrected chi connectivity index (χ3v) is 6.89. The molecule has 182 valence electrons. The molecule has 1 N–H and O–H groups in total. The number of methoxy groups -OCH3 is 1. The standard InChI is InChI=1S/C27H22FN3O4S/c1-34-20-11-7-17(8-12-20)13-14-31(27-30-22-4-2-3-21(28)24(22)36-27)16-18-5-9-19(10-6-18)25-29-15-23(35-25)26(32)33/h2-12,15H,13-14,16H2,1H3,(H,32,33). The maximum Gasteiger partial charge on any atom is 0.373 e. The first-order chi connectivity index (χ1) is 17.5. The SMILES string of the molecule is COc1ccc(CCN(Cc2ccc(-c3ncc(C(=O)O)o3)cc2)c2nc3cccc(F)c3s2)cc1. The number of aromatic nitrogens is 2. The summed E-state index contributed by atoms with van der Waals surface area (Å²) in [6.07, 6.45) is 1.97. The molecule has 0 aliphatic carbocycles. The second kappa shape index (κ2) is 10.2. The summed E-state index contributed by atoms with van der Waals surface area (Å²) in [4.78, 5) is 21.9. The van der Waals surface area contributed by atoms with Crippen LogP contribution >= 0.6 is 11.3 Å². The number of rotatable bonds is 9. The Bertz CT molecular complexity index is 1500. The third kappa shape index (κ3) is 5.06. The minimum atomic E-state index is -1.16. The molecule has 2 heterocycles. The van der Waals surface area contributed by atoms with Gasteiger partial charge in [0.15, 0.2) is 5.13 Å². The molecule has 0 bridgehead atoms. The molecular weight excluding hydrogens is 481 g/mol. The number of fused-ring (bicyclic) bond motifs is 1. The largest absolute Gasteiger partial charge is 0.497 e. The van der Waals surface area contributed by atoms with Crippen LogP contribution in [-0.4, -0.2) is 34.7 Å². The summed E-state index contributed by atoms with van der Waals surface area (Å²) in [7, 11) is 1.64. The third-order valence-electron chi connectivity index (χ3n) is 5.75. The Morgan fingerprint density at radius 2 is 1.83 bits per heavy atom. The number of oxazole rings is 1. The fourth-order valence-electron chi connectivity index (χ4n) is 3.82. The van der Waals surface area contributed by atoms with E-state index in [1.165, 1.54) is 23.6 Å². The quantitative estimate of drug-likeness (QED) is 0.262. The molecule has 5 rings (SSSR count). The number of anilines is 1. The molecule has 0 saturated heterocycles. The minimum absolute atomic E-state index is 0.207. The number of ether oxygens (including phenoxy) is 1. The van der Waals surface area contributed by atoms with E-state index in [9.17, 15) is 9.18 Å². The van der Waals surface area contributed by atoms with Crippen molar-refractivity contribution in [2.75, 3.05) is 18.6 Å². The summed E-state index contributed by atoms with van der Waals surface area (Å²) in [5.41, 5.74) is 3.48. The van der Waals surface area contributed by atoms with Crippen LogP contribution in [0.1, 0.15) is 21.7 Å². The lowest BCUT2D eigenvalue weighted by molar-refractivity contribution is 0.0663. The molecule has 5 aromatic rings. The Hall–Kier alpha value is -4.24. The first-order valence-electron chi connectivity index (χ1n) is 11.2. The molecule has 7 nitrogen and oxygen atoms in total. The summed E-state index contributed by atoms with van der Waals surface area (Å²) in [5, 5.41) is 9.79. The van der Waals surface area contributed by atoms with Crippen molar-refractivity contribution >= 4 is 32.7 Å². The van der Waals surface area contributed by atoms with Crippen LogP contribution in [0.5, 0.6) is 5.75 Å². The Morgan fingerprint density at radius 1 is 1.08 bits per heavy atom. The minimum Gasteiger partial charge on any atom is -0.497 e. The van der Waals surface area contributed by atoms with Gasteiger partial charge in [-0.25, -0.2) is 19.2 Å². The van der Waals surface area contributed by atoms with Gasteiger partial charge in [-0.15, -0.1) is 0 Å². The van der Waals surface area contributed by atoms with E-state index in [1.807, 2.05) is 54.6 Å². The highest BCUT2D eigenvalue weighted by molar-refractivity contribution is 7.22. The van der Waals surface area contributed by atoms with Crippen molar-refractivity contribution in [1.82, 2.24) is 9.97 Å². The predicted octanol–water partition coefficient (Wildman–Crippen LogP) is 6.05. The summed E-state index contributed by atoms with van der Waals surface area (Å²) in [5.74, 6) is -0.592. The topological polar surface area (TPSA) is 88.7 Å². The van der Waals surface area contributed by atoms with Crippen LogP contribution in [0.15, 0.2) is 77.3 Å². The number of nitrogens with zero attached hydrogens (tertiary/aromatic N) is 3. The van der Waals surface area contributed by atoms with Gasteiger partial charge in [0, 0.05) is 18.7 Å². The van der Waals surface area contributed by atoms with Gasteiger partial charge in [-0.1, -0.05) is 41.7 Å². The van der Waals surface area contributed by atoms with E-state index in [2.05, 4.69) is 9.88 Å². The van der Waals surface area contributed by atoms with Crippen molar-refractivity contribution in [1.29, 1.82) is 0 Å². The Kier molecular flexibility index (Phi) is 6.64. The number of carbonyl (C=O) groups is 1. The van der Waals surface area contributed by atoms with Crippen LogP contribution in [0.3, 0.4) is 0 Å². The molecule has 0 aliphatic rings. The highest BCUT2D eigenvalue weighted by atomic mass is 32.1. The first-order valence-corrected chi connectivity index (χ1v) is 12.0. The molecule has 36 heavy (non-hydrogen) atoms. The average Bonchev–Trinajstić information content (AvgIpc) is 3.56. The number of benzene rings is 3. The fraction of sp³-hybridized carbons (Fsp3) is 0.148. The van der Waals surface area contributed by atoms with E-state index in [0.717, 1.165) is 28.4 Å². The molecule has 0 aliphatic heterocycles. The number of hydrogen-bond donors (Lipinski definition) is 1. The zero-order valence-corrected chi connectivity index (χ0v) is 20.2. The van der Waals surface area contributed by atoms with Crippen molar-refractivity contribution < 1.29 is 23.4 Å². The van der Waals surface area contributed by atoms with Crippen molar-refractivity contribution in [3.05, 3.63) is 95.6 Å². The van der Waals surface area contributed by atoms with E-state index >= 15 is 0 Å². The summed E-state index contributed by atoms with van der Waals surface area (Å²) < 4.78 is 25.4. The molecule has 9 heteroatoms. The highest BCUT2D eigenvalue weighted by Crippen LogP contribution is 2.32. The predicted molar refractivity (Wildman–Crippen MR) is 136 cm³/mol. The van der Waals surface area contributed by atoms with Crippen LogP contribution in [-0.2, 0) is 13.0 Å². The molecule has 0 radical (unpaired) electrons. The maximum atomic E-state index is 14.4. The van der Waals surface area contributed by atoms with Gasteiger partial charge in [-0.05, 0) is 53.9 Å². The monoisotopic (exact) mass is 503 g/mol. The molecular formula is C27H22FN3O4S. The van der Waals surface area contributed by atoms with Gasteiger partial charge in [0.2, 0.25) is 11.7 Å². The van der Waals surface area contributed by atoms with Crippen LogP contribution in [0.25, 0.3) is 21.7 Å². The van der Waals surface area contributed by atoms with Gasteiger partial charge in [-0.3, -0.25) is 0 Å². The highest BCUT2D eigenvalue weighted by Gasteiger charge is 2.16. The van der Waals surface area contributed by atoms with Gasteiger partial charge < -0.3 is 19.2 Å². The molecule has 0 amide bonds. The van der Waals surface area contributed by atoms with E-state index in [0.29, 0.717) is 28.9 Å². The lowest BCUT2D eigenvalue weighted by Gasteiger charge is -2.22. The number of halogens is 1. The number of hydrogen-bond acceptors (Lipinski definition) is 7. The maximum absolute atomic E-state index is 14.4. The van der Waals surface area contributed by atoms with Crippen molar-refractivity contribution in [3.63, 3.8) is 0 Å². The Labute approximate surface area is 210 Å². The second-order valence-electron chi connectivity index (χ2n) is 8.14.